The highest BCUT2D eigenvalue weighted by atomic mass is 32.1. The van der Waals surface area contributed by atoms with Gasteiger partial charge in [0, 0.05) is 23.5 Å². The summed E-state index contributed by atoms with van der Waals surface area (Å²) >= 11 is 1.69. The molecule has 1 N–H and O–H groups in total. The van der Waals surface area contributed by atoms with Gasteiger partial charge < -0.3 is 14.8 Å². The molecule has 2 heterocycles. The minimum absolute atomic E-state index is 0.0321. The number of nitrogens with one attached hydrogen (secondary N) is 1. The van der Waals surface area contributed by atoms with E-state index in [9.17, 15) is 0 Å². The summed E-state index contributed by atoms with van der Waals surface area (Å²) in [6.45, 7) is 1.45. The van der Waals surface area contributed by atoms with Gasteiger partial charge in [0.25, 0.3) is 0 Å². The van der Waals surface area contributed by atoms with E-state index in [-0.39, 0.29) is 6.29 Å². The predicted molar refractivity (Wildman–Crippen MR) is 59.0 cm³/mol. The number of hydrogen-bond acceptors (Lipinski definition) is 5. The first kappa shape index (κ1) is 11.0. The Morgan fingerprint density at radius 1 is 1.60 bits per heavy atom. The van der Waals surface area contributed by atoms with Crippen LogP contribution in [0.4, 0.5) is 0 Å². The van der Waals surface area contributed by atoms with Crippen molar-refractivity contribution >= 4 is 11.3 Å². The van der Waals surface area contributed by atoms with E-state index in [4.69, 9.17) is 9.47 Å². The van der Waals surface area contributed by atoms with E-state index in [1.807, 2.05) is 18.8 Å². The Kier molecular flexibility index (Phi) is 4.08. The van der Waals surface area contributed by atoms with E-state index in [0.29, 0.717) is 6.04 Å². The highest BCUT2D eigenvalue weighted by Crippen LogP contribution is 2.15. The van der Waals surface area contributed by atoms with Crippen LogP contribution in [0.25, 0.3) is 0 Å². The molecule has 1 atom stereocenters. The maximum atomic E-state index is 5.43. The summed E-state index contributed by atoms with van der Waals surface area (Å²) in [7, 11) is 1.97. The second-order valence-electron chi connectivity index (χ2n) is 3.56. The molecule has 1 unspecified atom stereocenters. The van der Waals surface area contributed by atoms with Gasteiger partial charge >= 0.3 is 0 Å². The fourth-order valence-electron chi connectivity index (χ4n) is 1.66. The highest BCUT2D eigenvalue weighted by molar-refractivity contribution is 7.09. The molecule has 0 aliphatic carbocycles. The molecule has 0 saturated carbocycles. The first-order chi connectivity index (χ1) is 7.38. The third kappa shape index (κ3) is 3.24. The van der Waals surface area contributed by atoms with Gasteiger partial charge in [-0.15, -0.1) is 11.3 Å². The molecule has 1 saturated heterocycles. The SMILES string of the molecule is CNC(Cc1cncs1)CC1OCCO1. The Morgan fingerprint density at radius 3 is 3.00 bits per heavy atom. The van der Waals surface area contributed by atoms with Crippen molar-refractivity contribution in [2.24, 2.45) is 0 Å². The summed E-state index contributed by atoms with van der Waals surface area (Å²) in [6.07, 6.45) is 3.78. The van der Waals surface area contributed by atoms with Gasteiger partial charge in [-0.05, 0) is 13.5 Å². The van der Waals surface area contributed by atoms with E-state index in [2.05, 4.69) is 10.3 Å². The van der Waals surface area contributed by atoms with Crippen LogP contribution in [-0.4, -0.2) is 37.6 Å². The number of aromatic nitrogens is 1. The lowest BCUT2D eigenvalue weighted by molar-refractivity contribution is -0.0522. The lowest BCUT2D eigenvalue weighted by atomic mass is 10.1. The second-order valence-corrected chi connectivity index (χ2v) is 4.54. The molecular weight excluding hydrogens is 212 g/mol. The van der Waals surface area contributed by atoms with Crippen molar-refractivity contribution in [3.63, 3.8) is 0 Å². The van der Waals surface area contributed by atoms with Gasteiger partial charge in [-0.3, -0.25) is 4.98 Å². The van der Waals surface area contributed by atoms with Crippen LogP contribution in [0, 0.1) is 0 Å². The number of ether oxygens (including phenoxy) is 2. The van der Waals surface area contributed by atoms with Gasteiger partial charge in [0.1, 0.15) is 0 Å². The van der Waals surface area contributed by atoms with Crippen LogP contribution in [0.5, 0.6) is 0 Å². The molecule has 2 rings (SSSR count). The third-order valence-corrected chi connectivity index (χ3v) is 3.31. The molecule has 0 spiro atoms. The summed E-state index contributed by atoms with van der Waals surface area (Å²) in [6, 6.07) is 0.397. The minimum Gasteiger partial charge on any atom is -0.350 e. The number of rotatable bonds is 5. The molecule has 1 aliphatic rings. The minimum atomic E-state index is -0.0321. The van der Waals surface area contributed by atoms with Gasteiger partial charge in [0.05, 0.1) is 18.7 Å². The van der Waals surface area contributed by atoms with E-state index >= 15 is 0 Å². The number of nitrogens with zero attached hydrogens (tertiary/aromatic N) is 1. The average molecular weight is 228 g/mol. The molecular formula is C10H16N2O2S. The Morgan fingerprint density at radius 2 is 2.40 bits per heavy atom. The Bertz CT molecular complexity index is 273. The summed E-state index contributed by atoms with van der Waals surface area (Å²) < 4.78 is 10.9. The Labute approximate surface area is 93.6 Å². The maximum absolute atomic E-state index is 5.43. The Hall–Kier alpha value is -0.490. The third-order valence-electron chi connectivity index (χ3n) is 2.51. The van der Waals surface area contributed by atoms with Gasteiger partial charge in [-0.1, -0.05) is 0 Å². The van der Waals surface area contributed by atoms with Crippen LogP contribution < -0.4 is 5.32 Å². The molecule has 0 radical (unpaired) electrons. The van der Waals surface area contributed by atoms with Crippen LogP contribution in [-0.2, 0) is 15.9 Å². The Balaban J connectivity index is 1.81. The van der Waals surface area contributed by atoms with Gasteiger partial charge in [0.15, 0.2) is 6.29 Å². The summed E-state index contributed by atoms with van der Waals surface area (Å²) in [5, 5.41) is 3.29. The van der Waals surface area contributed by atoms with Crippen molar-refractivity contribution in [1.82, 2.24) is 10.3 Å². The molecule has 5 heteroatoms. The predicted octanol–water partition coefficient (Wildman–Crippen LogP) is 1.04. The molecule has 0 aromatic carbocycles. The van der Waals surface area contributed by atoms with E-state index in [1.54, 1.807) is 11.3 Å². The molecule has 0 bridgehead atoms. The van der Waals surface area contributed by atoms with Crippen molar-refractivity contribution in [2.75, 3.05) is 20.3 Å². The molecule has 1 aromatic rings. The fraction of sp³-hybridized carbons (Fsp3) is 0.700. The number of likely N-dealkylation sites (N-methyl/N-ethyl adjacent to an activating group) is 1. The molecule has 15 heavy (non-hydrogen) atoms. The van der Waals surface area contributed by atoms with Crippen molar-refractivity contribution < 1.29 is 9.47 Å². The maximum Gasteiger partial charge on any atom is 0.159 e. The first-order valence-electron chi connectivity index (χ1n) is 5.16. The van der Waals surface area contributed by atoms with Gasteiger partial charge in [0.2, 0.25) is 0 Å². The normalized spacial score (nSPS) is 19.5. The van der Waals surface area contributed by atoms with Crippen LogP contribution in [0.2, 0.25) is 0 Å². The molecule has 84 valence electrons. The van der Waals surface area contributed by atoms with Crippen LogP contribution in [0.1, 0.15) is 11.3 Å². The van der Waals surface area contributed by atoms with E-state index in [0.717, 1.165) is 26.1 Å². The van der Waals surface area contributed by atoms with E-state index < -0.39 is 0 Å². The molecule has 1 aromatic heterocycles. The molecule has 0 amide bonds. The van der Waals surface area contributed by atoms with Crippen LogP contribution >= 0.6 is 11.3 Å². The van der Waals surface area contributed by atoms with Crippen molar-refractivity contribution in [3.8, 4) is 0 Å². The zero-order chi connectivity index (χ0) is 10.5. The van der Waals surface area contributed by atoms with Crippen molar-refractivity contribution in [1.29, 1.82) is 0 Å². The van der Waals surface area contributed by atoms with Crippen LogP contribution in [0.15, 0.2) is 11.7 Å². The van der Waals surface area contributed by atoms with Gasteiger partial charge in [-0.25, -0.2) is 0 Å². The number of hydrogen-bond donors (Lipinski definition) is 1. The highest BCUT2D eigenvalue weighted by Gasteiger charge is 2.20. The quantitative estimate of drug-likeness (QED) is 0.817. The topological polar surface area (TPSA) is 43.4 Å². The summed E-state index contributed by atoms with van der Waals surface area (Å²) in [4.78, 5) is 5.37. The smallest absolute Gasteiger partial charge is 0.159 e. The zero-order valence-corrected chi connectivity index (χ0v) is 9.63. The molecule has 4 nitrogen and oxygen atoms in total. The standard InChI is InChI=1S/C10H16N2O2S/c1-11-8(4-9-6-12-7-15-9)5-10-13-2-3-14-10/h6-8,10-11H,2-5H2,1H3. The molecule has 1 aliphatic heterocycles. The van der Waals surface area contributed by atoms with Crippen molar-refractivity contribution in [3.05, 3.63) is 16.6 Å². The summed E-state index contributed by atoms with van der Waals surface area (Å²) in [5.74, 6) is 0. The summed E-state index contributed by atoms with van der Waals surface area (Å²) in [5.41, 5.74) is 1.87. The lowest BCUT2D eigenvalue weighted by Crippen LogP contribution is -2.32. The van der Waals surface area contributed by atoms with Crippen LogP contribution in [0.3, 0.4) is 0 Å². The second kappa shape index (κ2) is 5.55. The monoisotopic (exact) mass is 228 g/mol. The zero-order valence-electron chi connectivity index (χ0n) is 8.81. The van der Waals surface area contributed by atoms with Crippen molar-refractivity contribution in [2.45, 2.75) is 25.2 Å². The molecule has 1 fully saturated rings. The van der Waals surface area contributed by atoms with E-state index in [1.165, 1.54) is 4.88 Å². The lowest BCUT2D eigenvalue weighted by Gasteiger charge is -2.18. The largest absolute Gasteiger partial charge is 0.350 e. The fourth-order valence-corrected chi connectivity index (χ4v) is 2.34. The van der Waals surface area contributed by atoms with Gasteiger partial charge in [-0.2, -0.15) is 0 Å². The average Bonchev–Trinajstić information content (AvgIpc) is 2.89. The first-order valence-corrected chi connectivity index (χ1v) is 6.04. The number of thiazole rings is 1.